The van der Waals surface area contributed by atoms with Gasteiger partial charge in [-0.15, -0.1) is 0 Å². The van der Waals surface area contributed by atoms with E-state index < -0.39 is 18.6 Å². The summed E-state index contributed by atoms with van der Waals surface area (Å²) in [6, 6.07) is 6.47. The van der Waals surface area contributed by atoms with Crippen LogP contribution in [0, 0.1) is 5.82 Å². The Balaban J connectivity index is 1.75. The minimum absolute atomic E-state index is 0.129. The van der Waals surface area contributed by atoms with Gasteiger partial charge in [0.25, 0.3) is 5.91 Å². The van der Waals surface area contributed by atoms with Gasteiger partial charge in [0.2, 0.25) is 0 Å². The summed E-state index contributed by atoms with van der Waals surface area (Å²) >= 11 is 0. The first-order chi connectivity index (χ1) is 13.7. The lowest BCUT2D eigenvalue weighted by Gasteiger charge is -2.15. The Labute approximate surface area is 162 Å². The van der Waals surface area contributed by atoms with Crippen molar-refractivity contribution in [3.05, 3.63) is 59.7 Å². The molecule has 0 spiro atoms. The molecule has 10 heteroatoms. The molecule has 1 amide bonds. The molecule has 1 aromatic carbocycles. The summed E-state index contributed by atoms with van der Waals surface area (Å²) in [7, 11) is 1.72. The summed E-state index contributed by atoms with van der Waals surface area (Å²) in [5.41, 5.74) is 1.29. The van der Waals surface area contributed by atoms with Gasteiger partial charge in [0.15, 0.2) is 12.4 Å². The van der Waals surface area contributed by atoms with Crippen LogP contribution in [0.2, 0.25) is 0 Å². The average Bonchev–Trinajstić information content (AvgIpc) is 3.23. The average molecular weight is 406 g/mol. The second-order valence-electron chi connectivity index (χ2n) is 6.47. The number of pyridine rings is 1. The second kappa shape index (κ2) is 6.87. The number of aromatic nitrogens is 3. The van der Waals surface area contributed by atoms with Gasteiger partial charge in [-0.3, -0.25) is 19.4 Å². The largest absolute Gasteiger partial charge is 0.483 e. The Morgan fingerprint density at radius 1 is 1.17 bits per heavy atom. The zero-order valence-corrected chi connectivity index (χ0v) is 15.1. The number of alkyl halides is 3. The van der Waals surface area contributed by atoms with Crippen LogP contribution in [0.5, 0.6) is 5.75 Å². The number of carbonyl (C=O) groups is 1. The maximum absolute atomic E-state index is 13.7. The molecule has 29 heavy (non-hydrogen) atoms. The third kappa shape index (κ3) is 3.65. The molecule has 3 aromatic rings. The van der Waals surface area contributed by atoms with E-state index in [0.717, 1.165) is 12.1 Å². The van der Waals surface area contributed by atoms with Crippen molar-refractivity contribution >= 4 is 11.7 Å². The Morgan fingerprint density at radius 2 is 1.97 bits per heavy atom. The number of halogens is 4. The second-order valence-corrected chi connectivity index (χ2v) is 6.47. The molecular weight excluding hydrogens is 392 g/mol. The highest BCUT2D eigenvalue weighted by Crippen LogP contribution is 2.37. The van der Waals surface area contributed by atoms with E-state index in [1.807, 2.05) is 0 Å². The van der Waals surface area contributed by atoms with E-state index in [4.69, 9.17) is 4.74 Å². The number of fused-ring (bicyclic) bond motifs is 1. The molecule has 0 aliphatic carbocycles. The number of hydrogen-bond donors (Lipinski definition) is 0. The lowest BCUT2D eigenvalue weighted by molar-refractivity contribution is -0.153. The smallest absolute Gasteiger partial charge is 0.422 e. The molecule has 1 aliphatic rings. The lowest BCUT2D eigenvalue weighted by Crippen LogP contribution is -2.23. The van der Waals surface area contributed by atoms with E-state index in [1.54, 1.807) is 24.0 Å². The summed E-state index contributed by atoms with van der Waals surface area (Å²) in [6.45, 7) is -1.44. The van der Waals surface area contributed by atoms with Gasteiger partial charge in [0, 0.05) is 48.3 Å². The van der Waals surface area contributed by atoms with E-state index in [2.05, 4.69) is 10.1 Å². The highest BCUT2D eigenvalue weighted by Gasteiger charge is 2.34. The number of benzene rings is 1. The number of hydrogen-bond acceptors (Lipinski definition) is 4. The van der Waals surface area contributed by atoms with Gasteiger partial charge >= 0.3 is 6.18 Å². The number of aryl methyl sites for hydroxylation is 1. The zero-order chi connectivity index (χ0) is 20.8. The number of nitrogens with zero attached hydrogens (tertiary/aromatic N) is 4. The normalized spacial score (nSPS) is 13.7. The van der Waals surface area contributed by atoms with Gasteiger partial charge in [0.05, 0.1) is 12.2 Å². The molecule has 0 bridgehead atoms. The topological polar surface area (TPSA) is 60.2 Å². The van der Waals surface area contributed by atoms with E-state index in [9.17, 15) is 22.4 Å². The van der Waals surface area contributed by atoms with Crippen LogP contribution in [-0.2, 0) is 13.6 Å². The van der Waals surface area contributed by atoms with Crippen molar-refractivity contribution in [1.29, 1.82) is 0 Å². The molecule has 3 heterocycles. The monoisotopic (exact) mass is 406 g/mol. The quantitative estimate of drug-likeness (QED) is 0.620. The van der Waals surface area contributed by atoms with E-state index in [0.29, 0.717) is 16.9 Å². The number of carbonyl (C=O) groups excluding carboxylic acids is 1. The van der Waals surface area contributed by atoms with Crippen molar-refractivity contribution in [2.24, 2.45) is 7.05 Å². The van der Waals surface area contributed by atoms with Gasteiger partial charge in [-0.05, 0) is 18.2 Å². The Kier molecular flexibility index (Phi) is 4.48. The van der Waals surface area contributed by atoms with Gasteiger partial charge in [-0.1, -0.05) is 0 Å². The Hall–Kier alpha value is -3.43. The van der Waals surface area contributed by atoms with Crippen molar-refractivity contribution in [2.45, 2.75) is 12.7 Å². The number of rotatable bonds is 4. The summed E-state index contributed by atoms with van der Waals surface area (Å²) in [4.78, 5) is 18.5. The van der Waals surface area contributed by atoms with Crippen LogP contribution in [0.15, 0.2) is 42.7 Å². The molecule has 1 aliphatic heterocycles. The first-order valence-corrected chi connectivity index (χ1v) is 8.52. The predicted molar refractivity (Wildman–Crippen MR) is 94.9 cm³/mol. The van der Waals surface area contributed by atoms with Crippen LogP contribution in [0.1, 0.15) is 15.9 Å². The molecule has 2 aromatic heterocycles. The van der Waals surface area contributed by atoms with Crippen molar-refractivity contribution in [2.75, 3.05) is 11.5 Å². The molecule has 0 unspecified atom stereocenters. The molecule has 4 rings (SSSR count). The third-order valence-corrected chi connectivity index (χ3v) is 4.41. The highest BCUT2D eigenvalue weighted by molar-refractivity contribution is 6.10. The van der Waals surface area contributed by atoms with Crippen molar-refractivity contribution in [3.8, 4) is 17.0 Å². The third-order valence-electron chi connectivity index (χ3n) is 4.41. The lowest BCUT2D eigenvalue weighted by atomic mass is 10.0. The van der Waals surface area contributed by atoms with E-state index in [-0.39, 0.29) is 29.5 Å². The molecule has 0 radical (unpaired) electrons. The Bertz CT molecular complexity index is 1090. The molecule has 0 saturated carbocycles. The number of anilines is 1. The first kappa shape index (κ1) is 18.9. The van der Waals surface area contributed by atoms with Gasteiger partial charge < -0.3 is 4.74 Å². The summed E-state index contributed by atoms with van der Waals surface area (Å²) in [5, 5.41) is 4.22. The molecule has 0 saturated heterocycles. The molecule has 150 valence electrons. The fraction of sp³-hybridized carbons (Fsp3) is 0.211. The maximum Gasteiger partial charge on any atom is 0.422 e. The van der Waals surface area contributed by atoms with Crippen molar-refractivity contribution in [1.82, 2.24) is 14.8 Å². The molecule has 0 fully saturated rings. The minimum atomic E-state index is -4.58. The molecule has 0 N–H and O–H groups in total. The minimum Gasteiger partial charge on any atom is -0.483 e. The SMILES string of the molecule is Cn1ccc(N2Cc3c(ccnc3-c3ccc(F)cc3OCC(F)(F)F)C2=O)n1. The predicted octanol–water partition coefficient (Wildman–Crippen LogP) is 3.72. The first-order valence-electron chi connectivity index (χ1n) is 8.52. The number of ether oxygens (including phenoxy) is 1. The van der Waals surface area contributed by atoms with Crippen LogP contribution in [0.25, 0.3) is 11.3 Å². The highest BCUT2D eigenvalue weighted by atomic mass is 19.4. The van der Waals surface area contributed by atoms with Crippen molar-refractivity contribution < 1.29 is 27.1 Å². The van der Waals surface area contributed by atoms with Gasteiger partial charge in [-0.25, -0.2) is 4.39 Å². The summed E-state index contributed by atoms with van der Waals surface area (Å²) in [5.74, 6) is -0.911. The summed E-state index contributed by atoms with van der Waals surface area (Å²) in [6.07, 6.45) is -1.51. The van der Waals surface area contributed by atoms with Gasteiger partial charge in [-0.2, -0.15) is 18.3 Å². The molecular formula is C19H14F4N4O2. The fourth-order valence-electron chi connectivity index (χ4n) is 3.16. The van der Waals surface area contributed by atoms with Crippen LogP contribution in [0.4, 0.5) is 23.4 Å². The number of amides is 1. The fourth-order valence-corrected chi connectivity index (χ4v) is 3.16. The molecule has 0 atom stereocenters. The van der Waals surface area contributed by atoms with Crippen LogP contribution in [0.3, 0.4) is 0 Å². The Morgan fingerprint density at radius 3 is 2.66 bits per heavy atom. The molecule has 6 nitrogen and oxygen atoms in total. The maximum atomic E-state index is 13.7. The van der Waals surface area contributed by atoms with Gasteiger partial charge in [0.1, 0.15) is 11.6 Å². The van der Waals surface area contributed by atoms with E-state index >= 15 is 0 Å². The van der Waals surface area contributed by atoms with Crippen LogP contribution < -0.4 is 9.64 Å². The van der Waals surface area contributed by atoms with Crippen LogP contribution >= 0.6 is 0 Å². The van der Waals surface area contributed by atoms with Crippen LogP contribution in [-0.4, -0.2) is 33.5 Å². The standard InChI is InChI=1S/C19H14F4N4O2/c1-26-7-5-16(25-26)27-9-14-12(18(27)28)4-6-24-17(14)13-3-2-11(20)8-15(13)29-10-19(21,22)23/h2-8H,9-10H2,1H3. The van der Waals surface area contributed by atoms with Crippen molar-refractivity contribution in [3.63, 3.8) is 0 Å². The van der Waals surface area contributed by atoms with E-state index in [1.165, 1.54) is 23.2 Å². The zero-order valence-electron chi connectivity index (χ0n) is 15.1. The summed E-state index contributed by atoms with van der Waals surface area (Å²) < 4.78 is 57.8.